The van der Waals surface area contributed by atoms with E-state index in [4.69, 9.17) is 10.8 Å². The van der Waals surface area contributed by atoms with Gasteiger partial charge in [-0.2, -0.15) is 13.2 Å². The van der Waals surface area contributed by atoms with E-state index in [0.29, 0.717) is 0 Å². The van der Waals surface area contributed by atoms with E-state index >= 15 is 0 Å². The summed E-state index contributed by atoms with van der Waals surface area (Å²) >= 11 is 0. The fourth-order valence-corrected chi connectivity index (χ4v) is 1.25. The number of carboxylic acid groups (broad SMARTS) is 1. The van der Waals surface area contributed by atoms with Crippen molar-refractivity contribution in [3.05, 3.63) is 29.6 Å². The monoisotopic (exact) mass is 234 g/mol. The molecule has 16 heavy (non-hydrogen) atoms. The van der Waals surface area contributed by atoms with Crippen LogP contribution in [0.1, 0.15) is 23.7 Å². The lowest BCUT2D eigenvalue weighted by atomic mass is 10.0. The number of pyridine rings is 1. The highest BCUT2D eigenvalue weighted by atomic mass is 19.4. The Morgan fingerprint density at radius 3 is 2.69 bits per heavy atom. The predicted octanol–water partition coefficient (Wildman–Crippen LogP) is 1.57. The van der Waals surface area contributed by atoms with Gasteiger partial charge in [0.1, 0.15) is 5.69 Å². The molecule has 0 aliphatic carbocycles. The summed E-state index contributed by atoms with van der Waals surface area (Å²) < 4.78 is 37.4. The first-order valence-electron chi connectivity index (χ1n) is 4.32. The van der Waals surface area contributed by atoms with Crippen molar-refractivity contribution in [1.29, 1.82) is 0 Å². The standard InChI is InChI=1S/C9H9F3N2O2/c10-9(11,12)8-5(2-1-3-14-8)6(13)4-7(15)16/h1-3,6H,4,13H2,(H,15,16). The van der Waals surface area contributed by atoms with Crippen LogP contribution in [-0.2, 0) is 11.0 Å². The topological polar surface area (TPSA) is 76.2 Å². The maximum atomic E-state index is 12.5. The Morgan fingerprint density at radius 2 is 2.19 bits per heavy atom. The van der Waals surface area contributed by atoms with Gasteiger partial charge in [0.05, 0.1) is 6.42 Å². The lowest BCUT2D eigenvalue weighted by Gasteiger charge is -2.15. The molecule has 1 aromatic heterocycles. The molecule has 3 N–H and O–H groups in total. The SMILES string of the molecule is NC(CC(=O)O)c1cccnc1C(F)(F)F. The van der Waals surface area contributed by atoms with E-state index in [-0.39, 0.29) is 5.56 Å². The van der Waals surface area contributed by atoms with Crippen molar-refractivity contribution in [1.82, 2.24) is 4.98 Å². The van der Waals surface area contributed by atoms with Gasteiger partial charge in [0, 0.05) is 17.8 Å². The van der Waals surface area contributed by atoms with Crippen molar-refractivity contribution >= 4 is 5.97 Å². The second-order valence-electron chi connectivity index (χ2n) is 3.14. The number of carbonyl (C=O) groups is 1. The number of alkyl halides is 3. The molecule has 88 valence electrons. The van der Waals surface area contributed by atoms with E-state index in [1.165, 1.54) is 6.07 Å². The van der Waals surface area contributed by atoms with Crippen molar-refractivity contribution in [3.8, 4) is 0 Å². The summed E-state index contributed by atoms with van der Waals surface area (Å²) in [4.78, 5) is 13.5. The van der Waals surface area contributed by atoms with Crippen LogP contribution in [0.2, 0.25) is 0 Å². The molecule has 1 unspecified atom stereocenters. The third-order valence-corrected chi connectivity index (χ3v) is 1.90. The van der Waals surface area contributed by atoms with Crippen molar-refractivity contribution in [2.75, 3.05) is 0 Å². The first-order valence-corrected chi connectivity index (χ1v) is 4.32. The molecule has 0 bridgehead atoms. The van der Waals surface area contributed by atoms with Gasteiger partial charge in [-0.15, -0.1) is 0 Å². The Kier molecular flexibility index (Phi) is 3.48. The van der Waals surface area contributed by atoms with Crippen LogP contribution < -0.4 is 5.73 Å². The molecule has 0 saturated carbocycles. The molecule has 1 heterocycles. The van der Waals surface area contributed by atoms with Crippen LogP contribution in [0.4, 0.5) is 13.2 Å². The Hall–Kier alpha value is -1.63. The number of aliphatic carboxylic acids is 1. The Balaban J connectivity index is 3.08. The molecule has 0 aliphatic rings. The van der Waals surface area contributed by atoms with Crippen molar-refractivity contribution in [3.63, 3.8) is 0 Å². The van der Waals surface area contributed by atoms with Gasteiger partial charge in [0.2, 0.25) is 0 Å². The Labute approximate surface area is 88.9 Å². The van der Waals surface area contributed by atoms with Gasteiger partial charge >= 0.3 is 12.1 Å². The number of hydrogen-bond acceptors (Lipinski definition) is 3. The molecule has 0 fully saturated rings. The summed E-state index contributed by atoms with van der Waals surface area (Å²) in [6.45, 7) is 0. The van der Waals surface area contributed by atoms with E-state index in [1.807, 2.05) is 0 Å². The fourth-order valence-electron chi connectivity index (χ4n) is 1.25. The molecule has 0 radical (unpaired) electrons. The molecule has 1 atom stereocenters. The van der Waals surface area contributed by atoms with Crippen LogP contribution in [0.25, 0.3) is 0 Å². The van der Waals surface area contributed by atoms with Gasteiger partial charge in [-0.3, -0.25) is 9.78 Å². The fraction of sp³-hybridized carbons (Fsp3) is 0.333. The highest BCUT2D eigenvalue weighted by molar-refractivity contribution is 5.68. The summed E-state index contributed by atoms with van der Waals surface area (Å²) in [5.41, 5.74) is 3.93. The highest BCUT2D eigenvalue weighted by Gasteiger charge is 2.36. The summed E-state index contributed by atoms with van der Waals surface area (Å²) in [6.07, 6.45) is -4.22. The van der Waals surface area contributed by atoms with E-state index in [1.54, 1.807) is 0 Å². The summed E-state index contributed by atoms with van der Waals surface area (Å²) in [7, 11) is 0. The molecular formula is C9H9F3N2O2. The zero-order valence-corrected chi connectivity index (χ0v) is 8.03. The van der Waals surface area contributed by atoms with Gasteiger partial charge in [0.15, 0.2) is 0 Å². The van der Waals surface area contributed by atoms with Crippen molar-refractivity contribution < 1.29 is 23.1 Å². The molecule has 4 nitrogen and oxygen atoms in total. The Morgan fingerprint density at radius 1 is 1.56 bits per heavy atom. The average molecular weight is 234 g/mol. The number of nitrogens with zero attached hydrogens (tertiary/aromatic N) is 1. The van der Waals surface area contributed by atoms with E-state index in [0.717, 1.165) is 12.3 Å². The molecule has 0 aromatic carbocycles. The third kappa shape index (κ3) is 2.93. The zero-order chi connectivity index (χ0) is 12.3. The van der Waals surface area contributed by atoms with Gasteiger partial charge in [-0.1, -0.05) is 6.07 Å². The largest absolute Gasteiger partial charge is 0.481 e. The lowest BCUT2D eigenvalue weighted by Crippen LogP contribution is -2.21. The number of nitrogens with two attached hydrogens (primary N) is 1. The number of aromatic nitrogens is 1. The molecule has 0 saturated heterocycles. The first kappa shape index (κ1) is 12.4. The predicted molar refractivity (Wildman–Crippen MR) is 48.4 cm³/mol. The van der Waals surface area contributed by atoms with E-state index < -0.39 is 30.3 Å². The molecule has 1 aromatic rings. The van der Waals surface area contributed by atoms with Crippen LogP contribution in [0.3, 0.4) is 0 Å². The first-order chi connectivity index (χ1) is 7.32. The normalized spacial score (nSPS) is 13.5. The maximum Gasteiger partial charge on any atom is 0.433 e. The van der Waals surface area contributed by atoms with Gasteiger partial charge < -0.3 is 10.8 Å². The van der Waals surface area contributed by atoms with Gasteiger partial charge in [0.25, 0.3) is 0 Å². The summed E-state index contributed by atoms with van der Waals surface area (Å²) in [5, 5.41) is 8.46. The van der Waals surface area contributed by atoms with Crippen LogP contribution in [0.5, 0.6) is 0 Å². The van der Waals surface area contributed by atoms with Crippen LogP contribution in [0, 0.1) is 0 Å². The minimum absolute atomic E-state index is 0.308. The molecule has 1 rings (SSSR count). The van der Waals surface area contributed by atoms with Gasteiger partial charge in [-0.25, -0.2) is 0 Å². The minimum Gasteiger partial charge on any atom is -0.481 e. The summed E-state index contributed by atoms with van der Waals surface area (Å²) in [6, 6.07) is 1.19. The molecule has 0 aliphatic heterocycles. The summed E-state index contributed by atoms with van der Waals surface area (Å²) in [5.74, 6) is -1.26. The molecular weight excluding hydrogens is 225 g/mol. The maximum absolute atomic E-state index is 12.5. The van der Waals surface area contributed by atoms with Crippen molar-refractivity contribution in [2.24, 2.45) is 5.73 Å². The second kappa shape index (κ2) is 4.48. The minimum atomic E-state index is -4.63. The molecule has 0 amide bonds. The van der Waals surface area contributed by atoms with Crippen LogP contribution in [0.15, 0.2) is 18.3 Å². The number of rotatable bonds is 3. The highest BCUT2D eigenvalue weighted by Crippen LogP contribution is 2.32. The number of hydrogen-bond donors (Lipinski definition) is 2. The zero-order valence-electron chi connectivity index (χ0n) is 8.03. The van der Waals surface area contributed by atoms with Crippen LogP contribution in [-0.4, -0.2) is 16.1 Å². The molecule has 7 heteroatoms. The van der Waals surface area contributed by atoms with Gasteiger partial charge in [-0.05, 0) is 6.07 Å². The quantitative estimate of drug-likeness (QED) is 0.832. The second-order valence-corrected chi connectivity index (χ2v) is 3.14. The Bertz CT molecular complexity index is 393. The number of halogens is 3. The van der Waals surface area contributed by atoms with E-state index in [9.17, 15) is 18.0 Å². The van der Waals surface area contributed by atoms with Crippen molar-refractivity contribution in [2.45, 2.75) is 18.6 Å². The average Bonchev–Trinajstić information content (AvgIpc) is 2.15. The lowest BCUT2D eigenvalue weighted by molar-refractivity contribution is -0.143. The molecule has 0 spiro atoms. The number of carboxylic acids is 1. The van der Waals surface area contributed by atoms with E-state index in [2.05, 4.69) is 4.98 Å². The smallest absolute Gasteiger partial charge is 0.433 e. The van der Waals surface area contributed by atoms with Crippen LogP contribution >= 0.6 is 0 Å². The third-order valence-electron chi connectivity index (χ3n) is 1.90.